The number of phenolic OH excluding ortho intramolecular Hbond substituents is 1. The Morgan fingerprint density at radius 1 is 0.767 bits per heavy atom. The van der Waals surface area contributed by atoms with Crippen LogP contribution >= 0.6 is 0 Å². The van der Waals surface area contributed by atoms with Gasteiger partial charge in [-0.05, 0) is 61.5 Å². The fourth-order valence-corrected chi connectivity index (χ4v) is 4.48. The van der Waals surface area contributed by atoms with Crippen LogP contribution in [0.1, 0.15) is 6.42 Å². The van der Waals surface area contributed by atoms with Gasteiger partial charge in [0, 0.05) is 44.6 Å². The lowest BCUT2D eigenvalue weighted by Crippen LogP contribution is -2.46. The molecular weight excluding hydrogens is 376 g/mol. The monoisotopic (exact) mass is 402 g/mol. The summed E-state index contributed by atoms with van der Waals surface area (Å²) >= 11 is 0. The molecule has 2 aromatic carbocycles. The molecule has 2 aromatic heterocycles. The van der Waals surface area contributed by atoms with Crippen LogP contribution in [0.2, 0.25) is 0 Å². The van der Waals surface area contributed by atoms with Gasteiger partial charge in [0.15, 0.2) is 0 Å². The van der Waals surface area contributed by atoms with Crippen LogP contribution in [-0.4, -0.2) is 51.7 Å². The molecule has 30 heavy (non-hydrogen) atoms. The number of nitrogens with zero attached hydrogens (tertiary/aromatic N) is 4. The van der Waals surface area contributed by atoms with Crippen LogP contribution in [0.15, 0.2) is 71.7 Å². The maximum absolute atomic E-state index is 13.0. The van der Waals surface area contributed by atoms with Crippen molar-refractivity contribution in [3.63, 3.8) is 0 Å². The van der Waals surface area contributed by atoms with Crippen LogP contribution in [0.4, 0.5) is 5.69 Å². The second-order valence-corrected chi connectivity index (χ2v) is 7.91. The van der Waals surface area contributed by atoms with Gasteiger partial charge in [0.05, 0.1) is 11.0 Å². The van der Waals surface area contributed by atoms with Crippen LogP contribution in [0.5, 0.6) is 5.75 Å². The molecule has 6 nitrogen and oxygen atoms in total. The van der Waals surface area contributed by atoms with Crippen molar-refractivity contribution < 1.29 is 5.11 Å². The number of aromatic hydroxyl groups is 1. The third-order valence-electron chi connectivity index (χ3n) is 6.09. The molecule has 0 spiro atoms. The number of aromatic nitrogens is 2. The number of benzene rings is 2. The van der Waals surface area contributed by atoms with Crippen LogP contribution in [0.3, 0.4) is 0 Å². The highest BCUT2D eigenvalue weighted by Crippen LogP contribution is 2.20. The standard InChI is InChI=1S/C24H26N4O2/c29-20-10-8-19(9-11-20)26-17-15-25(16-18-26)12-4-14-28-22-6-2-1-5-21(22)27-13-3-7-23(27)24(28)30/h1-3,5-11,13,29H,4,12,14-18H2. The van der Waals surface area contributed by atoms with Gasteiger partial charge in [0.2, 0.25) is 0 Å². The van der Waals surface area contributed by atoms with E-state index >= 15 is 0 Å². The van der Waals surface area contributed by atoms with Gasteiger partial charge in [0.1, 0.15) is 11.3 Å². The van der Waals surface area contributed by atoms with E-state index in [2.05, 4.69) is 15.9 Å². The third-order valence-corrected chi connectivity index (χ3v) is 6.09. The molecule has 1 aliphatic heterocycles. The molecule has 0 aliphatic carbocycles. The van der Waals surface area contributed by atoms with Gasteiger partial charge in [-0.25, -0.2) is 0 Å². The summed E-state index contributed by atoms with van der Waals surface area (Å²) in [4.78, 5) is 17.8. The van der Waals surface area contributed by atoms with Crippen molar-refractivity contribution in [2.45, 2.75) is 13.0 Å². The molecule has 1 aliphatic rings. The molecule has 0 unspecified atom stereocenters. The van der Waals surface area contributed by atoms with E-state index in [9.17, 15) is 9.90 Å². The molecule has 1 N–H and O–H groups in total. The predicted octanol–water partition coefficient (Wildman–Crippen LogP) is 3.17. The Morgan fingerprint density at radius 2 is 1.47 bits per heavy atom. The summed E-state index contributed by atoms with van der Waals surface area (Å²) in [6, 6.07) is 19.4. The van der Waals surface area contributed by atoms with Crippen LogP contribution in [0.25, 0.3) is 16.6 Å². The lowest BCUT2D eigenvalue weighted by molar-refractivity contribution is 0.250. The first-order valence-corrected chi connectivity index (χ1v) is 10.6. The molecule has 0 bridgehead atoms. The van der Waals surface area contributed by atoms with Gasteiger partial charge >= 0.3 is 0 Å². The maximum Gasteiger partial charge on any atom is 0.275 e. The molecule has 1 saturated heterocycles. The molecule has 5 rings (SSSR count). The second-order valence-electron chi connectivity index (χ2n) is 7.91. The third kappa shape index (κ3) is 3.44. The SMILES string of the molecule is O=c1c2cccn2c2ccccc2n1CCCN1CCN(c2ccc(O)cc2)CC1. The maximum atomic E-state index is 13.0. The largest absolute Gasteiger partial charge is 0.508 e. The minimum Gasteiger partial charge on any atom is -0.508 e. The van der Waals surface area contributed by atoms with E-state index in [4.69, 9.17) is 0 Å². The normalized spacial score (nSPS) is 15.3. The molecule has 0 saturated carbocycles. The highest BCUT2D eigenvalue weighted by Gasteiger charge is 2.17. The number of phenols is 1. The van der Waals surface area contributed by atoms with E-state index in [1.165, 1.54) is 0 Å². The fourth-order valence-electron chi connectivity index (χ4n) is 4.48. The summed E-state index contributed by atoms with van der Waals surface area (Å²) in [5, 5.41) is 9.47. The van der Waals surface area contributed by atoms with Gasteiger partial charge in [-0.2, -0.15) is 0 Å². The van der Waals surface area contributed by atoms with Gasteiger partial charge in [0.25, 0.3) is 5.56 Å². The summed E-state index contributed by atoms with van der Waals surface area (Å²) in [5.74, 6) is 0.304. The molecule has 6 heteroatoms. The van der Waals surface area contributed by atoms with Crippen LogP contribution < -0.4 is 10.5 Å². The lowest BCUT2D eigenvalue weighted by Gasteiger charge is -2.36. The van der Waals surface area contributed by atoms with E-state index in [-0.39, 0.29) is 5.56 Å². The number of hydrogen-bond acceptors (Lipinski definition) is 4. The van der Waals surface area contributed by atoms with Crippen molar-refractivity contribution in [3.8, 4) is 5.75 Å². The summed E-state index contributed by atoms with van der Waals surface area (Å²) in [7, 11) is 0. The summed E-state index contributed by atoms with van der Waals surface area (Å²) in [6.45, 7) is 5.67. The Morgan fingerprint density at radius 3 is 2.23 bits per heavy atom. The Balaban J connectivity index is 1.24. The first-order valence-electron chi connectivity index (χ1n) is 10.6. The molecule has 1 fully saturated rings. The molecular formula is C24H26N4O2. The lowest BCUT2D eigenvalue weighted by atomic mass is 10.2. The van der Waals surface area contributed by atoms with E-state index in [1.54, 1.807) is 12.1 Å². The first-order chi connectivity index (χ1) is 14.7. The molecule has 0 amide bonds. The quantitative estimate of drug-likeness (QED) is 0.557. The van der Waals surface area contributed by atoms with Crippen molar-refractivity contribution in [2.75, 3.05) is 37.6 Å². The zero-order chi connectivity index (χ0) is 20.5. The van der Waals surface area contributed by atoms with Gasteiger partial charge in [-0.1, -0.05) is 12.1 Å². The first kappa shape index (κ1) is 18.8. The van der Waals surface area contributed by atoms with Crippen LogP contribution in [-0.2, 0) is 6.54 Å². The zero-order valence-corrected chi connectivity index (χ0v) is 16.9. The number of para-hydroxylation sites is 2. The number of piperazine rings is 1. The van der Waals surface area contributed by atoms with Crippen molar-refractivity contribution in [1.29, 1.82) is 0 Å². The highest BCUT2D eigenvalue weighted by molar-refractivity contribution is 5.79. The average molecular weight is 402 g/mol. The minimum absolute atomic E-state index is 0.0795. The van der Waals surface area contributed by atoms with Gasteiger partial charge in [-0.15, -0.1) is 0 Å². The Bertz CT molecular complexity index is 1220. The van der Waals surface area contributed by atoms with Crippen molar-refractivity contribution in [2.24, 2.45) is 0 Å². The summed E-state index contributed by atoms with van der Waals surface area (Å²) < 4.78 is 3.91. The molecule has 0 radical (unpaired) electrons. The minimum atomic E-state index is 0.0795. The van der Waals surface area contributed by atoms with Crippen molar-refractivity contribution >= 4 is 22.2 Å². The number of aryl methyl sites for hydroxylation is 1. The highest BCUT2D eigenvalue weighted by atomic mass is 16.3. The van der Waals surface area contributed by atoms with Crippen molar-refractivity contribution in [3.05, 3.63) is 77.2 Å². The fraction of sp³-hybridized carbons (Fsp3) is 0.292. The second kappa shape index (κ2) is 7.88. The van der Waals surface area contributed by atoms with E-state index < -0.39 is 0 Å². The number of fused-ring (bicyclic) bond motifs is 3. The van der Waals surface area contributed by atoms with Crippen LogP contribution in [0, 0.1) is 0 Å². The molecule has 0 atom stereocenters. The Kier molecular flexibility index (Phi) is 4.93. The summed E-state index contributed by atoms with van der Waals surface area (Å²) in [5.41, 5.74) is 4.03. The molecule has 4 aromatic rings. The number of hydrogen-bond donors (Lipinski definition) is 1. The van der Waals surface area contributed by atoms with Gasteiger partial charge in [-0.3, -0.25) is 9.69 Å². The zero-order valence-electron chi connectivity index (χ0n) is 16.9. The number of rotatable bonds is 5. The number of anilines is 1. The van der Waals surface area contributed by atoms with E-state index in [0.29, 0.717) is 5.75 Å². The Labute approximate surface area is 175 Å². The van der Waals surface area contributed by atoms with E-state index in [1.807, 2.05) is 57.6 Å². The smallest absolute Gasteiger partial charge is 0.275 e. The molecule has 154 valence electrons. The average Bonchev–Trinajstić information content (AvgIpc) is 3.28. The molecule has 3 heterocycles. The predicted molar refractivity (Wildman–Crippen MR) is 121 cm³/mol. The summed E-state index contributed by atoms with van der Waals surface area (Å²) in [6.07, 6.45) is 2.90. The topological polar surface area (TPSA) is 53.1 Å². The van der Waals surface area contributed by atoms with Gasteiger partial charge < -0.3 is 19.0 Å². The Hall–Kier alpha value is -3.25. The van der Waals surface area contributed by atoms with E-state index in [0.717, 1.165) is 67.9 Å². The van der Waals surface area contributed by atoms with Crippen molar-refractivity contribution in [1.82, 2.24) is 13.9 Å².